The van der Waals surface area contributed by atoms with Gasteiger partial charge in [0.05, 0.1) is 6.21 Å². The Hall–Kier alpha value is -2.67. The summed E-state index contributed by atoms with van der Waals surface area (Å²) in [5.74, 6) is -1.52. The number of hydrogen-bond donors (Lipinski definition) is 3. The van der Waals surface area contributed by atoms with Gasteiger partial charge in [0, 0.05) is 27.5 Å². The Morgan fingerprint density at radius 3 is 2.52 bits per heavy atom. The van der Waals surface area contributed by atoms with Gasteiger partial charge in [0.25, 0.3) is 0 Å². The molecule has 0 unspecified atom stereocenters. The number of halogens is 1. The lowest BCUT2D eigenvalue weighted by Crippen LogP contribution is -2.41. The molecule has 142 valence electrons. The smallest absolute Gasteiger partial charge is 0.329 e. The highest BCUT2D eigenvalue weighted by Crippen LogP contribution is 2.26. The highest BCUT2D eigenvalue weighted by molar-refractivity contribution is 9.10. The maximum Gasteiger partial charge on any atom is 0.329 e. The molecule has 0 fully saturated rings. The molecule has 6 nitrogen and oxygen atoms in total. The Bertz CT molecular complexity index is 878. The average molecular weight is 431 g/mol. The van der Waals surface area contributed by atoms with Crippen LogP contribution < -0.4 is 16.1 Å². The molecule has 0 aliphatic rings. The molecule has 0 atom stereocenters. The second-order valence-corrected chi connectivity index (χ2v) is 7.35. The predicted molar refractivity (Wildman–Crippen MR) is 112 cm³/mol. The van der Waals surface area contributed by atoms with Crippen molar-refractivity contribution in [2.75, 3.05) is 5.32 Å². The van der Waals surface area contributed by atoms with Crippen molar-refractivity contribution in [3.8, 4) is 0 Å². The van der Waals surface area contributed by atoms with Crippen LogP contribution in [-0.4, -0.2) is 24.1 Å². The fraction of sp³-hybridized carbons (Fsp3) is 0.250. The van der Waals surface area contributed by atoms with Crippen LogP contribution in [0.15, 0.2) is 46.0 Å². The predicted octanol–water partition coefficient (Wildman–Crippen LogP) is 3.78. The number of amides is 2. The molecule has 0 bridgehead atoms. The third-order valence-electron chi connectivity index (χ3n) is 3.88. The molecule has 2 aromatic carbocycles. The fourth-order valence-corrected chi connectivity index (χ4v) is 2.70. The van der Waals surface area contributed by atoms with E-state index in [1.807, 2.05) is 30.3 Å². The molecule has 2 rings (SSSR count). The first-order valence-corrected chi connectivity index (χ1v) is 9.34. The van der Waals surface area contributed by atoms with Crippen molar-refractivity contribution in [2.45, 2.75) is 33.7 Å². The molecule has 0 radical (unpaired) electrons. The van der Waals surface area contributed by atoms with Crippen LogP contribution >= 0.6 is 15.9 Å². The lowest BCUT2D eigenvalue weighted by molar-refractivity contribution is -0.139. The number of carbonyl (C=O) groups is 2. The molecule has 0 heterocycles. The normalized spacial score (nSPS) is 10.9. The summed E-state index contributed by atoms with van der Waals surface area (Å²) in [5.41, 5.74) is 7.17. The molecule has 27 heavy (non-hydrogen) atoms. The SMILES string of the molecule is Cc1cccc(Nc2ccc(Br)cc2/C=N\NC(=O)C(=O)NC(C)C)c1C. The standard InChI is InChI=1S/C20H23BrN4O2/c1-12(2)23-19(26)20(27)25-22-11-15-10-16(21)8-9-18(15)24-17-7-5-6-13(3)14(17)4/h5-12,24H,1-4H3,(H,23,26)(H,25,27)/b22-11-. The number of nitrogens with zero attached hydrogens (tertiary/aromatic N) is 1. The van der Waals surface area contributed by atoms with Crippen LogP contribution in [0.2, 0.25) is 0 Å². The summed E-state index contributed by atoms with van der Waals surface area (Å²) >= 11 is 3.44. The largest absolute Gasteiger partial charge is 0.355 e. The maximum atomic E-state index is 11.7. The minimum atomic E-state index is -0.806. The van der Waals surface area contributed by atoms with E-state index in [1.165, 1.54) is 11.8 Å². The number of hydrogen-bond acceptors (Lipinski definition) is 4. The molecule has 2 amide bonds. The molecule has 0 aliphatic heterocycles. The number of benzene rings is 2. The molecule has 0 spiro atoms. The monoisotopic (exact) mass is 430 g/mol. The molecule has 2 aromatic rings. The Balaban J connectivity index is 2.17. The number of aryl methyl sites for hydroxylation is 1. The zero-order valence-corrected chi connectivity index (χ0v) is 17.3. The van der Waals surface area contributed by atoms with Crippen molar-refractivity contribution < 1.29 is 9.59 Å². The Kier molecular flexibility index (Phi) is 7.12. The molecule has 0 saturated heterocycles. The summed E-state index contributed by atoms with van der Waals surface area (Å²) in [6.45, 7) is 7.67. The van der Waals surface area contributed by atoms with Crippen molar-refractivity contribution >= 4 is 45.3 Å². The van der Waals surface area contributed by atoms with E-state index < -0.39 is 11.8 Å². The minimum Gasteiger partial charge on any atom is -0.355 e. The van der Waals surface area contributed by atoms with Gasteiger partial charge in [-0.2, -0.15) is 5.10 Å². The maximum absolute atomic E-state index is 11.7. The zero-order valence-electron chi connectivity index (χ0n) is 15.8. The number of hydrazone groups is 1. The Labute approximate surface area is 167 Å². The van der Waals surface area contributed by atoms with E-state index in [2.05, 4.69) is 57.0 Å². The number of rotatable bonds is 5. The second kappa shape index (κ2) is 9.32. The third kappa shape index (κ3) is 5.92. The minimum absolute atomic E-state index is 0.120. The summed E-state index contributed by atoms with van der Waals surface area (Å²) in [5, 5.41) is 9.81. The summed E-state index contributed by atoms with van der Waals surface area (Å²) in [4.78, 5) is 23.3. The van der Waals surface area contributed by atoms with Crippen molar-refractivity contribution in [3.05, 3.63) is 57.6 Å². The average Bonchev–Trinajstić information content (AvgIpc) is 2.60. The fourth-order valence-electron chi connectivity index (χ4n) is 2.32. The molecular formula is C20H23BrN4O2. The molecule has 0 saturated carbocycles. The number of nitrogens with one attached hydrogen (secondary N) is 3. The lowest BCUT2D eigenvalue weighted by atomic mass is 10.1. The van der Waals surface area contributed by atoms with Crippen LogP contribution in [0.4, 0.5) is 11.4 Å². The highest BCUT2D eigenvalue weighted by atomic mass is 79.9. The van der Waals surface area contributed by atoms with Crippen LogP contribution in [0.5, 0.6) is 0 Å². The summed E-state index contributed by atoms with van der Waals surface area (Å²) in [6.07, 6.45) is 1.50. The van der Waals surface area contributed by atoms with Gasteiger partial charge in [-0.05, 0) is 63.1 Å². The van der Waals surface area contributed by atoms with Gasteiger partial charge < -0.3 is 10.6 Å². The molecule has 7 heteroatoms. The number of anilines is 2. The van der Waals surface area contributed by atoms with E-state index in [9.17, 15) is 9.59 Å². The third-order valence-corrected chi connectivity index (χ3v) is 4.38. The van der Waals surface area contributed by atoms with Crippen LogP contribution in [0.3, 0.4) is 0 Å². The second-order valence-electron chi connectivity index (χ2n) is 6.43. The summed E-state index contributed by atoms with van der Waals surface area (Å²) in [6, 6.07) is 11.6. The van der Waals surface area contributed by atoms with Crippen LogP contribution in [-0.2, 0) is 9.59 Å². The van der Waals surface area contributed by atoms with E-state index in [0.717, 1.165) is 27.0 Å². The van der Waals surface area contributed by atoms with Gasteiger partial charge in [0.15, 0.2) is 0 Å². The van der Waals surface area contributed by atoms with Gasteiger partial charge in [-0.25, -0.2) is 5.43 Å². The van der Waals surface area contributed by atoms with Gasteiger partial charge >= 0.3 is 11.8 Å². The van der Waals surface area contributed by atoms with E-state index in [-0.39, 0.29) is 6.04 Å². The van der Waals surface area contributed by atoms with Crippen molar-refractivity contribution in [1.82, 2.24) is 10.7 Å². The van der Waals surface area contributed by atoms with Gasteiger partial charge in [-0.3, -0.25) is 9.59 Å². The Morgan fingerprint density at radius 1 is 1.07 bits per heavy atom. The van der Waals surface area contributed by atoms with Gasteiger partial charge in [0.2, 0.25) is 0 Å². The Morgan fingerprint density at radius 2 is 1.81 bits per heavy atom. The zero-order chi connectivity index (χ0) is 20.0. The van der Waals surface area contributed by atoms with Crippen LogP contribution in [0.1, 0.15) is 30.5 Å². The summed E-state index contributed by atoms with van der Waals surface area (Å²) < 4.78 is 0.874. The quantitative estimate of drug-likeness (QED) is 0.383. The van der Waals surface area contributed by atoms with E-state index in [0.29, 0.717) is 0 Å². The van der Waals surface area contributed by atoms with Crippen molar-refractivity contribution in [3.63, 3.8) is 0 Å². The van der Waals surface area contributed by atoms with Crippen molar-refractivity contribution in [2.24, 2.45) is 5.10 Å². The van der Waals surface area contributed by atoms with Gasteiger partial charge in [0.1, 0.15) is 0 Å². The van der Waals surface area contributed by atoms with Crippen LogP contribution in [0, 0.1) is 13.8 Å². The first kappa shape index (κ1) is 20.6. The topological polar surface area (TPSA) is 82.6 Å². The molecule has 0 aliphatic carbocycles. The first-order valence-electron chi connectivity index (χ1n) is 8.54. The summed E-state index contributed by atoms with van der Waals surface area (Å²) in [7, 11) is 0. The van der Waals surface area contributed by atoms with Gasteiger partial charge in [-0.15, -0.1) is 0 Å². The van der Waals surface area contributed by atoms with E-state index >= 15 is 0 Å². The molecular weight excluding hydrogens is 408 g/mol. The first-order chi connectivity index (χ1) is 12.8. The molecule has 0 aromatic heterocycles. The highest BCUT2D eigenvalue weighted by Gasteiger charge is 2.13. The molecule has 3 N–H and O–H groups in total. The number of carbonyl (C=O) groups excluding carboxylic acids is 2. The van der Waals surface area contributed by atoms with Crippen LogP contribution in [0.25, 0.3) is 0 Å². The van der Waals surface area contributed by atoms with E-state index in [4.69, 9.17) is 0 Å². The van der Waals surface area contributed by atoms with Crippen molar-refractivity contribution in [1.29, 1.82) is 0 Å². The van der Waals surface area contributed by atoms with E-state index in [1.54, 1.807) is 13.8 Å². The van der Waals surface area contributed by atoms with Gasteiger partial charge in [-0.1, -0.05) is 28.1 Å². The lowest BCUT2D eigenvalue weighted by Gasteiger charge is -2.14.